The number of nitrogens with two attached hydrogens (primary N) is 1. The molecule has 1 aromatic heterocycles. The van der Waals surface area contributed by atoms with Gasteiger partial charge in [-0.15, -0.1) is 0 Å². The van der Waals surface area contributed by atoms with Crippen LogP contribution in [0.2, 0.25) is 0 Å². The maximum Gasteiger partial charge on any atom is 0.326 e. The summed E-state index contributed by atoms with van der Waals surface area (Å²) in [6.45, 7) is 4.38. The maximum absolute atomic E-state index is 12.7. The summed E-state index contributed by atoms with van der Waals surface area (Å²) >= 11 is 0. The summed E-state index contributed by atoms with van der Waals surface area (Å²) in [4.78, 5) is 55.1. The number of hydrogen-bond donors (Lipinski definition) is 7. The number of amides is 3. The fraction of sp³-hybridized carbons (Fsp3) is 0.611. The molecule has 0 fully saturated rings. The van der Waals surface area contributed by atoms with E-state index in [1.807, 2.05) is 0 Å². The Morgan fingerprint density at radius 3 is 2.23 bits per heavy atom. The highest BCUT2D eigenvalue weighted by Gasteiger charge is 2.33. The number of aliphatic hydroxyl groups excluding tert-OH is 1. The van der Waals surface area contributed by atoms with E-state index in [-0.39, 0.29) is 18.9 Å². The van der Waals surface area contributed by atoms with Gasteiger partial charge in [0.25, 0.3) is 0 Å². The third kappa shape index (κ3) is 7.44. The van der Waals surface area contributed by atoms with Crippen molar-refractivity contribution in [1.82, 2.24) is 25.9 Å². The Bertz CT molecular complexity index is 723. The first-order chi connectivity index (χ1) is 14.1. The molecule has 30 heavy (non-hydrogen) atoms. The van der Waals surface area contributed by atoms with E-state index in [0.29, 0.717) is 12.1 Å². The Morgan fingerprint density at radius 2 is 1.77 bits per heavy atom. The fourth-order valence-electron chi connectivity index (χ4n) is 2.66. The molecule has 0 saturated heterocycles. The van der Waals surface area contributed by atoms with E-state index < -0.39 is 47.9 Å². The van der Waals surface area contributed by atoms with Crippen LogP contribution in [-0.2, 0) is 25.6 Å². The maximum atomic E-state index is 12.7. The number of carboxylic acids is 1. The molecule has 168 valence electrons. The summed E-state index contributed by atoms with van der Waals surface area (Å²) in [6, 6.07) is -3.71. The highest BCUT2D eigenvalue weighted by molar-refractivity contribution is 5.94. The number of aliphatic carboxylic acids is 1. The zero-order chi connectivity index (χ0) is 22.8. The van der Waals surface area contributed by atoms with Crippen molar-refractivity contribution in [2.75, 3.05) is 6.54 Å². The molecule has 0 radical (unpaired) electrons. The van der Waals surface area contributed by atoms with Crippen molar-refractivity contribution < 1.29 is 29.4 Å². The number of nitrogens with one attached hydrogen (secondary N) is 4. The molecule has 0 aromatic carbocycles. The summed E-state index contributed by atoms with van der Waals surface area (Å²) in [5.41, 5.74) is 5.84. The van der Waals surface area contributed by atoms with E-state index in [0.717, 1.165) is 0 Å². The van der Waals surface area contributed by atoms with E-state index in [9.17, 15) is 29.4 Å². The van der Waals surface area contributed by atoms with Crippen LogP contribution in [0, 0.1) is 5.92 Å². The molecule has 1 aromatic rings. The molecule has 12 nitrogen and oxygen atoms in total. The van der Waals surface area contributed by atoms with Gasteiger partial charge in [0, 0.05) is 18.3 Å². The number of imidazole rings is 1. The third-order valence-corrected chi connectivity index (χ3v) is 4.66. The number of carboxylic acid groups (broad SMARTS) is 1. The molecule has 3 amide bonds. The minimum absolute atomic E-state index is 0.0380. The second-order valence-corrected chi connectivity index (χ2v) is 7.04. The van der Waals surface area contributed by atoms with E-state index in [1.54, 1.807) is 13.8 Å². The summed E-state index contributed by atoms with van der Waals surface area (Å²) in [6.07, 6.45) is 2.09. The van der Waals surface area contributed by atoms with Crippen LogP contribution in [0.1, 0.15) is 32.9 Å². The lowest BCUT2D eigenvalue weighted by molar-refractivity contribution is -0.144. The number of hydrogen-bond acceptors (Lipinski definition) is 7. The van der Waals surface area contributed by atoms with Crippen molar-refractivity contribution in [2.45, 2.75) is 57.8 Å². The molecular formula is C18H30N6O6. The average Bonchev–Trinajstić information content (AvgIpc) is 3.21. The van der Waals surface area contributed by atoms with E-state index >= 15 is 0 Å². The number of aromatic nitrogens is 2. The number of carbonyl (C=O) groups excluding carboxylic acids is 3. The number of aliphatic hydroxyl groups is 1. The number of carbonyl (C=O) groups is 4. The highest BCUT2D eigenvalue weighted by Crippen LogP contribution is 2.09. The zero-order valence-corrected chi connectivity index (χ0v) is 17.2. The van der Waals surface area contributed by atoms with Crippen molar-refractivity contribution in [3.63, 3.8) is 0 Å². The first-order valence-corrected chi connectivity index (χ1v) is 9.58. The standard InChI is InChI=1S/C18H30N6O6/c1-4-9(2)14(18(29)30)23-17(28)15(10(3)25)24-16(27)12(22-13(26)6-19)5-11-7-20-8-21-11/h7-10,12,14-15,25H,4-6,19H2,1-3H3,(H,20,21)(H,22,26)(H,23,28)(H,24,27)(H,29,30). The van der Waals surface area contributed by atoms with Crippen LogP contribution in [0.15, 0.2) is 12.5 Å². The number of nitrogens with zero attached hydrogens (tertiary/aromatic N) is 1. The molecule has 5 unspecified atom stereocenters. The Hall–Kier alpha value is -2.99. The summed E-state index contributed by atoms with van der Waals surface area (Å²) in [5.74, 6) is -3.77. The van der Waals surface area contributed by atoms with Gasteiger partial charge in [-0.25, -0.2) is 9.78 Å². The molecule has 0 aliphatic heterocycles. The molecule has 1 heterocycles. The van der Waals surface area contributed by atoms with Crippen LogP contribution in [0.4, 0.5) is 0 Å². The molecule has 0 spiro atoms. The molecular weight excluding hydrogens is 396 g/mol. The molecule has 8 N–H and O–H groups in total. The monoisotopic (exact) mass is 426 g/mol. The Morgan fingerprint density at radius 1 is 1.13 bits per heavy atom. The van der Waals surface area contributed by atoms with Crippen LogP contribution >= 0.6 is 0 Å². The summed E-state index contributed by atoms with van der Waals surface area (Å²) in [7, 11) is 0. The third-order valence-electron chi connectivity index (χ3n) is 4.66. The van der Waals surface area contributed by atoms with Gasteiger partial charge in [-0.05, 0) is 12.8 Å². The summed E-state index contributed by atoms with van der Waals surface area (Å²) < 4.78 is 0. The Balaban J connectivity index is 2.96. The lowest BCUT2D eigenvalue weighted by Crippen LogP contribution is -2.60. The van der Waals surface area contributed by atoms with Gasteiger partial charge < -0.3 is 36.9 Å². The SMILES string of the molecule is CCC(C)C(NC(=O)C(NC(=O)C(Cc1cnc[nH]1)NC(=O)CN)C(C)O)C(=O)O. The largest absolute Gasteiger partial charge is 0.480 e. The van der Waals surface area contributed by atoms with Crippen molar-refractivity contribution in [1.29, 1.82) is 0 Å². The van der Waals surface area contributed by atoms with Crippen LogP contribution in [0.25, 0.3) is 0 Å². The van der Waals surface area contributed by atoms with Gasteiger partial charge >= 0.3 is 5.97 Å². The quantitative estimate of drug-likeness (QED) is 0.196. The van der Waals surface area contributed by atoms with Crippen LogP contribution < -0.4 is 21.7 Å². The molecule has 0 aliphatic rings. The molecule has 1 rings (SSSR count). The van der Waals surface area contributed by atoms with Gasteiger partial charge in [-0.2, -0.15) is 0 Å². The Kier molecular flexibility index (Phi) is 9.92. The zero-order valence-electron chi connectivity index (χ0n) is 17.2. The number of rotatable bonds is 12. The average molecular weight is 426 g/mol. The second kappa shape index (κ2) is 11.9. The fourth-order valence-corrected chi connectivity index (χ4v) is 2.66. The number of H-pyrrole nitrogens is 1. The van der Waals surface area contributed by atoms with Gasteiger partial charge in [0.1, 0.15) is 18.1 Å². The van der Waals surface area contributed by atoms with Gasteiger partial charge in [0.2, 0.25) is 17.7 Å². The van der Waals surface area contributed by atoms with Crippen molar-refractivity contribution in [3.05, 3.63) is 18.2 Å². The second-order valence-electron chi connectivity index (χ2n) is 7.04. The van der Waals surface area contributed by atoms with Crippen LogP contribution in [0.5, 0.6) is 0 Å². The normalized spacial score (nSPS) is 15.9. The minimum Gasteiger partial charge on any atom is -0.480 e. The van der Waals surface area contributed by atoms with Gasteiger partial charge in [0.15, 0.2) is 0 Å². The predicted molar refractivity (Wildman–Crippen MR) is 106 cm³/mol. The molecule has 0 saturated carbocycles. The first-order valence-electron chi connectivity index (χ1n) is 9.58. The molecule has 0 aliphatic carbocycles. The summed E-state index contributed by atoms with van der Waals surface area (Å²) in [5, 5.41) is 26.5. The lowest BCUT2D eigenvalue weighted by atomic mass is 9.98. The van der Waals surface area contributed by atoms with E-state index in [2.05, 4.69) is 25.9 Å². The minimum atomic E-state index is -1.43. The van der Waals surface area contributed by atoms with Crippen molar-refractivity contribution in [3.8, 4) is 0 Å². The molecule has 5 atom stereocenters. The highest BCUT2D eigenvalue weighted by atomic mass is 16.4. The van der Waals surface area contributed by atoms with Gasteiger partial charge in [-0.1, -0.05) is 20.3 Å². The predicted octanol–water partition coefficient (Wildman–Crippen LogP) is -2.12. The topological polar surface area (TPSA) is 200 Å². The smallest absolute Gasteiger partial charge is 0.326 e. The molecule has 12 heteroatoms. The lowest BCUT2D eigenvalue weighted by Gasteiger charge is -2.27. The van der Waals surface area contributed by atoms with Gasteiger partial charge in [0.05, 0.1) is 19.0 Å². The number of aromatic amines is 1. The molecule has 0 bridgehead atoms. The van der Waals surface area contributed by atoms with Crippen LogP contribution in [-0.4, -0.2) is 74.6 Å². The van der Waals surface area contributed by atoms with Gasteiger partial charge in [-0.3, -0.25) is 14.4 Å². The Labute approximate surface area is 174 Å². The van der Waals surface area contributed by atoms with Crippen LogP contribution in [0.3, 0.4) is 0 Å². The first kappa shape index (κ1) is 25.0. The van der Waals surface area contributed by atoms with Crippen molar-refractivity contribution in [2.24, 2.45) is 11.7 Å². The van der Waals surface area contributed by atoms with E-state index in [4.69, 9.17) is 5.73 Å². The van der Waals surface area contributed by atoms with E-state index in [1.165, 1.54) is 19.4 Å². The van der Waals surface area contributed by atoms with Crippen molar-refractivity contribution >= 4 is 23.7 Å².